The zero-order valence-corrected chi connectivity index (χ0v) is 18.8. The zero-order chi connectivity index (χ0) is 20.0. The molecule has 162 valence electrons. The average Bonchev–Trinajstić information content (AvgIpc) is 3.46. The van der Waals surface area contributed by atoms with Crippen LogP contribution in [0.25, 0.3) is 0 Å². The van der Waals surface area contributed by atoms with Crippen molar-refractivity contribution in [3.8, 4) is 0 Å². The van der Waals surface area contributed by atoms with E-state index >= 15 is 0 Å². The molecule has 4 nitrogen and oxygen atoms in total. The topological polar surface area (TPSA) is 40.2 Å². The molecule has 0 aliphatic carbocycles. The lowest BCUT2D eigenvalue weighted by Crippen LogP contribution is -2.48. The van der Waals surface area contributed by atoms with Gasteiger partial charge in [-0.15, -0.1) is 0 Å². The van der Waals surface area contributed by atoms with Gasteiger partial charge in [-0.05, 0) is 33.1 Å². The fraction of sp³-hybridized carbons (Fsp3) is 1.00. The minimum Gasteiger partial charge on any atom is -0.379 e. The van der Waals surface area contributed by atoms with Crippen molar-refractivity contribution in [1.82, 2.24) is 0 Å². The second kappa shape index (κ2) is 14.8. The van der Waals surface area contributed by atoms with Crippen LogP contribution in [0.1, 0.15) is 92.4 Å². The Morgan fingerprint density at radius 1 is 0.889 bits per heavy atom. The molecule has 1 aliphatic heterocycles. The van der Waals surface area contributed by atoms with Gasteiger partial charge in [0.25, 0.3) is 0 Å². The molecular formula is C23H46O4. The first-order valence-corrected chi connectivity index (χ1v) is 11.6. The average molecular weight is 387 g/mol. The molecule has 2 atom stereocenters. The molecule has 0 saturated carbocycles. The molecule has 1 rings (SSSR count). The first-order valence-electron chi connectivity index (χ1n) is 11.6. The fourth-order valence-corrected chi connectivity index (χ4v) is 4.06. The van der Waals surface area contributed by atoms with Crippen LogP contribution in [0.4, 0.5) is 0 Å². The van der Waals surface area contributed by atoms with Gasteiger partial charge in [0.1, 0.15) is 6.10 Å². The van der Waals surface area contributed by atoms with E-state index in [1.165, 1.54) is 44.9 Å². The summed E-state index contributed by atoms with van der Waals surface area (Å²) in [5.74, 6) is 0.291. The highest BCUT2D eigenvalue weighted by molar-refractivity contribution is 4.83. The van der Waals surface area contributed by atoms with Gasteiger partial charge in [-0.2, -0.15) is 0 Å². The van der Waals surface area contributed by atoms with Crippen LogP contribution in [0.5, 0.6) is 0 Å². The highest BCUT2D eigenvalue weighted by Crippen LogP contribution is 2.38. The molecule has 1 heterocycles. The van der Waals surface area contributed by atoms with Crippen LogP contribution in [0.15, 0.2) is 0 Å². The van der Waals surface area contributed by atoms with E-state index in [0.717, 1.165) is 32.7 Å². The highest BCUT2D eigenvalue weighted by atomic mass is 16.7. The summed E-state index contributed by atoms with van der Waals surface area (Å²) in [6, 6.07) is 0. The third-order valence-electron chi connectivity index (χ3n) is 5.57. The Balaban J connectivity index is 2.57. The standard InChI is InChI=1S/C23H46O4/c1-6-9-10-11-12-13-15-21(16-14-17-24-18-22-19-25-22)23(20(4)5,26-7-2)27-8-3/h20-22H,6-19H2,1-5H3. The maximum absolute atomic E-state index is 6.31. The van der Waals surface area contributed by atoms with Gasteiger partial charge in [-0.25, -0.2) is 0 Å². The summed E-state index contributed by atoms with van der Waals surface area (Å²) in [5, 5.41) is 0. The van der Waals surface area contributed by atoms with Crippen LogP contribution in [-0.4, -0.2) is 44.9 Å². The van der Waals surface area contributed by atoms with Gasteiger partial charge in [-0.3, -0.25) is 0 Å². The van der Waals surface area contributed by atoms with Gasteiger partial charge >= 0.3 is 0 Å². The molecule has 27 heavy (non-hydrogen) atoms. The smallest absolute Gasteiger partial charge is 0.173 e. The highest BCUT2D eigenvalue weighted by Gasteiger charge is 2.42. The maximum Gasteiger partial charge on any atom is 0.173 e. The zero-order valence-electron chi connectivity index (χ0n) is 18.8. The van der Waals surface area contributed by atoms with E-state index in [1.54, 1.807) is 0 Å². The minimum absolute atomic E-state index is 0.336. The summed E-state index contributed by atoms with van der Waals surface area (Å²) >= 11 is 0. The Morgan fingerprint density at radius 3 is 2.04 bits per heavy atom. The maximum atomic E-state index is 6.31. The van der Waals surface area contributed by atoms with Crippen LogP contribution in [0.2, 0.25) is 0 Å². The van der Waals surface area contributed by atoms with Gasteiger partial charge < -0.3 is 18.9 Å². The molecule has 1 aliphatic rings. The van der Waals surface area contributed by atoms with Gasteiger partial charge in [0, 0.05) is 31.7 Å². The van der Waals surface area contributed by atoms with Gasteiger partial charge in [0.05, 0.1) is 13.2 Å². The first kappa shape index (κ1) is 24.9. The van der Waals surface area contributed by atoms with E-state index in [-0.39, 0.29) is 0 Å². The van der Waals surface area contributed by atoms with Crippen LogP contribution in [-0.2, 0) is 18.9 Å². The fourth-order valence-electron chi connectivity index (χ4n) is 4.06. The summed E-state index contributed by atoms with van der Waals surface area (Å²) in [6.45, 7) is 14.7. The van der Waals surface area contributed by atoms with Crippen molar-refractivity contribution >= 4 is 0 Å². The molecule has 0 aromatic heterocycles. The van der Waals surface area contributed by atoms with Gasteiger partial charge in [0.15, 0.2) is 5.79 Å². The predicted molar refractivity (Wildman–Crippen MR) is 112 cm³/mol. The van der Waals surface area contributed by atoms with Crippen molar-refractivity contribution in [2.45, 2.75) is 104 Å². The van der Waals surface area contributed by atoms with E-state index < -0.39 is 5.79 Å². The van der Waals surface area contributed by atoms with Crippen LogP contribution in [0, 0.1) is 11.8 Å². The molecule has 1 fully saturated rings. The summed E-state index contributed by atoms with van der Waals surface area (Å²) in [7, 11) is 0. The van der Waals surface area contributed by atoms with E-state index in [0.29, 0.717) is 31.2 Å². The SMILES string of the molecule is CCCCCCCCC(CCCOCC1CO1)C(OCC)(OCC)C(C)C. The van der Waals surface area contributed by atoms with Crippen molar-refractivity contribution in [1.29, 1.82) is 0 Å². The lowest BCUT2D eigenvalue weighted by molar-refractivity contribution is -0.290. The Kier molecular flexibility index (Phi) is 13.6. The molecule has 0 bridgehead atoms. The largest absolute Gasteiger partial charge is 0.379 e. The Bertz CT molecular complexity index is 335. The molecule has 0 aromatic rings. The molecule has 0 amide bonds. The first-order chi connectivity index (χ1) is 13.1. The third kappa shape index (κ3) is 9.74. The molecule has 0 aromatic carbocycles. The van der Waals surface area contributed by atoms with E-state index in [9.17, 15) is 0 Å². The Morgan fingerprint density at radius 2 is 1.48 bits per heavy atom. The molecule has 0 spiro atoms. The van der Waals surface area contributed by atoms with Gasteiger partial charge in [-0.1, -0.05) is 59.3 Å². The summed E-state index contributed by atoms with van der Waals surface area (Å²) < 4.78 is 23.6. The molecule has 0 N–H and O–H groups in total. The van der Waals surface area contributed by atoms with E-state index in [4.69, 9.17) is 18.9 Å². The lowest BCUT2D eigenvalue weighted by atomic mass is 9.81. The van der Waals surface area contributed by atoms with Crippen LogP contribution >= 0.6 is 0 Å². The molecular weight excluding hydrogens is 340 g/mol. The molecule has 1 saturated heterocycles. The van der Waals surface area contributed by atoms with Crippen molar-refractivity contribution in [2.75, 3.05) is 33.0 Å². The normalized spacial score (nSPS) is 18.2. The number of rotatable bonds is 19. The summed E-state index contributed by atoms with van der Waals surface area (Å²) in [6.07, 6.45) is 11.6. The third-order valence-corrected chi connectivity index (χ3v) is 5.57. The summed E-state index contributed by atoms with van der Waals surface area (Å²) in [5.41, 5.74) is 0. The monoisotopic (exact) mass is 386 g/mol. The van der Waals surface area contributed by atoms with Crippen molar-refractivity contribution < 1.29 is 18.9 Å². The van der Waals surface area contributed by atoms with Crippen LogP contribution < -0.4 is 0 Å². The number of hydrogen-bond acceptors (Lipinski definition) is 4. The second-order valence-corrected chi connectivity index (χ2v) is 8.17. The van der Waals surface area contributed by atoms with Gasteiger partial charge in [0.2, 0.25) is 0 Å². The number of ether oxygens (including phenoxy) is 4. The second-order valence-electron chi connectivity index (χ2n) is 8.17. The van der Waals surface area contributed by atoms with Crippen LogP contribution in [0.3, 0.4) is 0 Å². The quantitative estimate of drug-likeness (QED) is 0.156. The van der Waals surface area contributed by atoms with E-state index in [1.807, 2.05) is 0 Å². The number of hydrogen-bond donors (Lipinski definition) is 0. The summed E-state index contributed by atoms with van der Waals surface area (Å²) in [4.78, 5) is 0. The Hall–Kier alpha value is -0.160. The van der Waals surface area contributed by atoms with Crippen molar-refractivity contribution in [3.63, 3.8) is 0 Å². The predicted octanol–water partition coefficient (Wildman–Crippen LogP) is 5.97. The van der Waals surface area contributed by atoms with E-state index in [2.05, 4.69) is 34.6 Å². The Labute approximate surface area is 168 Å². The molecule has 4 heteroatoms. The van der Waals surface area contributed by atoms with Crippen molar-refractivity contribution in [3.05, 3.63) is 0 Å². The number of epoxide rings is 1. The molecule has 2 unspecified atom stereocenters. The molecule has 0 radical (unpaired) electrons. The number of unbranched alkanes of at least 4 members (excludes halogenated alkanes) is 5. The lowest BCUT2D eigenvalue weighted by Gasteiger charge is -2.43. The minimum atomic E-state index is -0.466. The van der Waals surface area contributed by atoms with Crippen molar-refractivity contribution in [2.24, 2.45) is 11.8 Å².